The van der Waals surface area contributed by atoms with Crippen LogP contribution in [-0.2, 0) is 4.57 Å². The number of anilines is 2. The maximum atomic E-state index is 13.0. The Balaban J connectivity index is 1.88. The lowest BCUT2D eigenvalue weighted by atomic mass is 10.2. The summed E-state index contributed by atoms with van der Waals surface area (Å²) in [5, 5.41) is 4.19. The molecule has 2 aromatic heterocycles. The van der Waals surface area contributed by atoms with Gasteiger partial charge in [-0.3, -0.25) is 9.97 Å². The van der Waals surface area contributed by atoms with E-state index in [0.29, 0.717) is 22.6 Å². The number of nitrogens with one attached hydrogen (secondary N) is 1. The highest BCUT2D eigenvalue weighted by atomic mass is 35.5. The van der Waals surface area contributed by atoms with Crippen LogP contribution < -0.4 is 10.6 Å². The molecule has 1 aliphatic rings. The number of hydrogen-bond acceptors (Lipinski definition) is 6. The Morgan fingerprint density at radius 3 is 2.64 bits per heavy atom. The topological polar surface area (TPSA) is 80.7 Å². The molecule has 1 N–H and O–H groups in total. The van der Waals surface area contributed by atoms with E-state index in [-0.39, 0.29) is 5.28 Å². The number of halogens is 1. The molecule has 1 aromatic carbocycles. The number of fused-ring (bicyclic) bond motifs is 1. The van der Waals surface area contributed by atoms with E-state index in [1.807, 2.05) is 12.1 Å². The summed E-state index contributed by atoms with van der Waals surface area (Å²) in [6.07, 6.45) is 7.26. The van der Waals surface area contributed by atoms with Gasteiger partial charge in [-0.25, -0.2) is 9.97 Å². The highest BCUT2D eigenvalue weighted by Crippen LogP contribution is 2.45. The number of nitrogens with zero attached hydrogens (tertiary/aromatic N) is 4. The average Bonchev–Trinajstić information content (AvgIpc) is 3.38. The van der Waals surface area contributed by atoms with Gasteiger partial charge in [-0.1, -0.05) is 0 Å². The molecule has 25 heavy (non-hydrogen) atoms. The quantitative estimate of drug-likeness (QED) is 0.551. The van der Waals surface area contributed by atoms with E-state index in [1.165, 1.54) is 0 Å². The summed E-state index contributed by atoms with van der Waals surface area (Å²) in [7, 11) is -2.61. The van der Waals surface area contributed by atoms with Crippen molar-refractivity contribution in [3.8, 4) is 0 Å². The normalized spacial score (nSPS) is 14.7. The highest BCUT2D eigenvalue weighted by Gasteiger charge is 2.29. The number of benzene rings is 1. The largest absolute Gasteiger partial charge is 0.339 e. The van der Waals surface area contributed by atoms with Crippen LogP contribution in [0.3, 0.4) is 0 Å². The van der Waals surface area contributed by atoms with Gasteiger partial charge in [0.1, 0.15) is 18.5 Å². The third-order valence-corrected chi connectivity index (χ3v) is 5.92. The fourth-order valence-electron chi connectivity index (χ4n) is 2.96. The van der Waals surface area contributed by atoms with Crippen LogP contribution in [0.4, 0.5) is 11.5 Å². The van der Waals surface area contributed by atoms with Crippen LogP contribution in [0.15, 0.2) is 30.7 Å². The first-order chi connectivity index (χ1) is 11.9. The van der Waals surface area contributed by atoms with E-state index in [0.717, 1.165) is 29.6 Å². The van der Waals surface area contributed by atoms with Crippen LogP contribution in [0, 0.1) is 0 Å². The van der Waals surface area contributed by atoms with Gasteiger partial charge >= 0.3 is 0 Å². The molecule has 2 heterocycles. The molecule has 0 unspecified atom stereocenters. The summed E-state index contributed by atoms with van der Waals surface area (Å²) in [5.41, 5.74) is 3.12. The SMILES string of the molecule is CP(C)(=O)c1c(Nc2nc(Cl)ncc2C2CC2)ccc2nccnc12. The maximum absolute atomic E-state index is 13.0. The average molecular weight is 374 g/mol. The minimum absolute atomic E-state index is 0.185. The molecule has 0 saturated heterocycles. The van der Waals surface area contributed by atoms with Gasteiger partial charge < -0.3 is 9.88 Å². The predicted molar refractivity (Wildman–Crippen MR) is 101 cm³/mol. The van der Waals surface area contributed by atoms with E-state index in [2.05, 4.69) is 25.3 Å². The lowest BCUT2D eigenvalue weighted by molar-refractivity contribution is 0.588. The van der Waals surface area contributed by atoms with Crippen LogP contribution >= 0.6 is 18.7 Å². The molecule has 128 valence electrons. The van der Waals surface area contributed by atoms with Crippen LogP contribution in [-0.4, -0.2) is 33.3 Å². The smallest absolute Gasteiger partial charge is 0.224 e. The van der Waals surface area contributed by atoms with Crippen LogP contribution in [0.5, 0.6) is 0 Å². The summed E-state index contributed by atoms with van der Waals surface area (Å²) < 4.78 is 13.0. The summed E-state index contributed by atoms with van der Waals surface area (Å²) in [4.78, 5) is 17.2. The van der Waals surface area contributed by atoms with Crippen molar-refractivity contribution >= 4 is 46.6 Å². The summed E-state index contributed by atoms with van der Waals surface area (Å²) >= 11 is 5.99. The molecule has 4 rings (SSSR count). The molecule has 6 nitrogen and oxygen atoms in total. The Morgan fingerprint density at radius 1 is 1.16 bits per heavy atom. The minimum Gasteiger partial charge on any atom is -0.339 e. The van der Waals surface area contributed by atoms with E-state index < -0.39 is 7.14 Å². The van der Waals surface area contributed by atoms with Gasteiger partial charge in [-0.2, -0.15) is 0 Å². The Bertz CT molecular complexity index is 1020. The van der Waals surface area contributed by atoms with Crippen molar-refractivity contribution in [2.75, 3.05) is 18.6 Å². The van der Waals surface area contributed by atoms with Gasteiger partial charge in [0.2, 0.25) is 5.28 Å². The van der Waals surface area contributed by atoms with Gasteiger partial charge in [-0.05, 0) is 55.8 Å². The summed E-state index contributed by atoms with van der Waals surface area (Å²) in [6, 6.07) is 3.74. The Hall–Kier alpha value is -2.04. The standard InChI is InChI=1S/C17H17ClN5OP/c1-25(2,24)15-13(6-5-12-14(15)20-8-7-19-12)22-16-11(10-3-4-10)9-21-17(18)23-16/h5-10H,3-4H2,1-2H3,(H,21,22,23). The molecule has 0 amide bonds. The second kappa shape index (κ2) is 6.04. The van der Waals surface area contributed by atoms with E-state index in [1.54, 1.807) is 31.9 Å². The third kappa shape index (κ3) is 3.24. The van der Waals surface area contributed by atoms with Gasteiger partial charge in [0.15, 0.2) is 0 Å². The first kappa shape index (κ1) is 16.4. The summed E-state index contributed by atoms with van der Waals surface area (Å²) in [6.45, 7) is 3.47. The molecular formula is C17H17ClN5OP. The molecule has 0 radical (unpaired) electrons. The van der Waals surface area contributed by atoms with Crippen molar-refractivity contribution in [3.63, 3.8) is 0 Å². The molecule has 0 bridgehead atoms. The molecule has 1 fully saturated rings. The maximum Gasteiger partial charge on any atom is 0.224 e. The van der Waals surface area contributed by atoms with Crippen molar-refractivity contribution in [3.05, 3.63) is 41.6 Å². The third-order valence-electron chi connectivity index (χ3n) is 4.21. The zero-order valence-electron chi connectivity index (χ0n) is 13.9. The lowest BCUT2D eigenvalue weighted by Gasteiger charge is -2.18. The lowest BCUT2D eigenvalue weighted by Crippen LogP contribution is -2.14. The molecule has 0 spiro atoms. The fraction of sp³-hybridized carbons (Fsp3) is 0.294. The minimum atomic E-state index is -2.61. The second-order valence-corrected chi connectivity index (χ2v) is 10.1. The second-order valence-electron chi connectivity index (χ2n) is 6.58. The fourth-order valence-corrected chi connectivity index (χ4v) is 4.48. The molecular weight excluding hydrogens is 357 g/mol. The molecule has 0 atom stereocenters. The number of rotatable bonds is 4. The van der Waals surface area contributed by atoms with Crippen LogP contribution in [0.25, 0.3) is 11.0 Å². The first-order valence-electron chi connectivity index (χ1n) is 8.02. The van der Waals surface area contributed by atoms with E-state index in [4.69, 9.17) is 11.6 Å². The molecule has 3 aromatic rings. The molecule has 1 saturated carbocycles. The van der Waals surface area contributed by atoms with Crippen molar-refractivity contribution in [2.24, 2.45) is 0 Å². The van der Waals surface area contributed by atoms with Crippen LogP contribution in [0.2, 0.25) is 5.28 Å². The van der Waals surface area contributed by atoms with Crippen LogP contribution in [0.1, 0.15) is 24.3 Å². The highest BCUT2D eigenvalue weighted by molar-refractivity contribution is 7.71. The summed E-state index contributed by atoms with van der Waals surface area (Å²) in [5.74, 6) is 1.12. The van der Waals surface area contributed by atoms with Gasteiger partial charge in [-0.15, -0.1) is 0 Å². The predicted octanol–water partition coefficient (Wildman–Crippen LogP) is 3.94. The van der Waals surface area contributed by atoms with Gasteiger partial charge in [0.05, 0.1) is 16.5 Å². The molecule has 8 heteroatoms. The molecule has 0 aliphatic heterocycles. The monoisotopic (exact) mass is 373 g/mol. The number of aromatic nitrogens is 4. The zero-order valence-corrected chi connectivity index (χ0v) is 15.6. The first-order valence-corrected chi connectivity index (χ1v) is 11.0. The van der Waals surface area contributed by atoms with E-state index >= 15 is 0 Å². The van der Waals surface area contributed by atoms with Crippen molar-refractivity contribution < 1.29 is 4.57 Å². The Labute approximate surface area is 150 Å². The van der Waals surface area contributed by atoms with Gasteiger partial charge in [0, 0.05) is 24.2 Å². The molecule has 1 aliphatic carbocycles. The zero-order chi connectivity index (χ0) is 17.6. The number of hydrogen-bond donors (Lipinski definition) is 1. The Kier molecular flexibility index (Phi) is 3.97. The Morgan fingerprint density at radius 2 is 1.92 bits per heavy atom. The van der Waals surface area contributed by atoms with Gasteiger partial charge in [0.25, 0.3) is 0 Å². The van der Waals surface area contributed by atoms with E-state index in [9.17, 15) is 4.57 Å². The van der Waals surface area contributed by atoms with Crippen molar-refractivity contribution in [1.82, 2.24) is 19.9 Å². The van der Waals surface area contributed by atoms with Crippen molar-refractivity contribution in [2.45, 2.75) is 18.8 Å². The van der Waals surface area contributed by atoms with Crippen molar-refractivity contribution in [1.29, 1.82) is 0 Å².